The Labute approximate surface area is 109 Å². The normalized spacial score (nSPS) is 10.7. The summed E-state index contributed by atoms with van der Waals surface area (Å²) in [7, 11) is 0. The molecule has 6 heteroatoms. The molecule has 17 heavy (non-hydrogen) atoms. The molecule has 0 aliphatic rings. The molecule has 0 fully saturated rings. The molecule has 0 bridgehead atoms. The molecule has 1 aromatic heterocycles. The highest BCUT2D eigenvalue weighted by molar-refractivity contribution is 7.98. The van der Waals surface area contributed by atoms with Crippen molar-refractivity contribution in [3.63, 3.8) is 0 Å². The van der Waals surface area contributed by atoms with Gasteiger partial charge in [-0.3, -0.25) is 0 Å². The lowest BCUT2D eigenvalue weighted by atomic mass is 10.3. The third kappa shape index (κ3) is 2.92. The Bertz CT molecular complexity index is 495. The number of nitrogens with zero attached hydrogens (tertiary/aromatic N) is 2. The number of hydrogen-bond donors (Lipinski definition) is 1. The SMILES string of the molecule is CCc1noc(CSc2c(N)cccc2Cl)n1. The fourth-order valence-corrected chi connectivity index (χ4v) is 2.48. The number of benzene rings is 1. The third-order valence-electron chi connectivity index (χ3n) is 2.16. The van der Waals surface area contributed by atoms with Gasteiger partial charge in [0.25, 0.3) is 0 Å². The van der Waals surface area contributed by atoms with E-state index in [2.05, 4.69) is 10.1 Å². The maximum absolute atomic E-state index is 6.06. The first-order valence-corrected chi connectivity index (χ1v) is 6.55. The van der Waals surface area contributed by atoms with Gasteiger partial charge in [-0.15, -0.1) is 11.8 Å². The van der Waals surface area contributed by atoms with E-state index in [1.165, 1.54) is 11.8 Å². The van der Waals surface area contributed by atoms with E-state index in [-0.39, 0.29) is 0 Å². The van der Waals surface area contributed by atoms with Crippen LogP contribution in [-0.4, -0.2) is 10.1 Å². The van der Waals surface area contributed by atoms with Gasteiger partial charge in [-0.1, -0.05) is 29.7 Å². The smallest absolute Gasteiger partial charge is 0.237 e. The number of hydrogen-bond acceptors (Lipinski definition) is 5. The van der Waals surface area contributed by atoms with Gasteiger partial charge in [-0.25, -0.2) is 0 Å². The van der Waals surface area contributed by atoms with E-state index in [1.807, 2.05) is 25.1 Å². The fourth-order valence-electron chi connectivity index (χ4n) is 1.30. The molecule has 2 rings (SSSR count). The first-order chi connectivity index (χ1) is 8.20. The van der Waals surface area contributed by atoms with Crippen molar-refractivity contribution < 1.29 is 4.52 Å². The highest BCUT2D eigenvalue weighted by Gasteiger charge is 2.09. The summed E-state index contributed by atoms with van der Waals surface area (Å²) in [5.41, 5.74) is 6.51. The number of nitrogens with two attached hydrogens (primary N) is 1. The van der Waals surface area contributed by atoms with Crippen LogP contribution in [0.2, 0.25) is 5.02 Å². The predicted octanol–water partition coefficient (Wildman–Crippen LogP) is 3.16. The molecule has 1 aromatic carbocycles. The first kappa shape index (κ1) is 12.3. The van der Waals surface area contributed by atoms with Crippen LogP contribution in [0.5, 0.6) is 0 Å². The molecule has 0 aliphatic heterocycles. The zero-order chi connectivity index (χ0) is 12.3. The van der Waals surface area contributed by atoms with Crippen LogP contribution >= 0.6 is 23.4 Å². The quantitative estimate of drug-likeness (QED) is 0.682. The molecular weight excluding hydrogens is 258 g/mol. The first-order valence-electron chi connectivity index (χ1n) is 5.19. The van der Waals surface area contributed by atoms with Crippen molar-refractivity contribution >= 4 is 29.1 Å². The van der Waals surface area contributed by atoms with E-state index in [9.17, 15) is 0 Å². The summed E-state index contributed by atoms with van der Waals surface area (Å²) in [5, 5.41) is 4.47. The van der Waals surface area contributed by atoms with Crippen molar-refractivity contribution in [3.05, 3.63) is 34.9 Å². The number of anilines is 1. The van der Waals surface area contributed by atoms with Crippen LogP contribution in [0.4, 0.5) is 5.69 Å². The zero-order valence-electron chi connectivity index (χ0n) is 9.31. The van der Waals surface area contributed by atoms with Gasteiger partial charge < -0.3 is 10.3 Å². The van der Waals surface area contributed by atoms with E-state index in [0.29, 0.717) is 28.2 Å². The van der Waals surface area contributed by atoms with Crippen LogP contribution in [-0.2, 0) is 12.2 Å². The Hall–Kier alpha value is -1.20. The summed E-state index contributed by atoms with van der Waals surface area (Å²) in [6, 6.07) is 5.45. The maximum Gasteiger partial charge on any atom is 0.237 e. The molecule has 0 aliphatic carbocycles. The Morgan fingerprint density at radius 1 is 1.47 bits per heavy atom. The van der Waals surface area contributed by atoms with Crippen molar-refractivity contribution in [2.45, 2.75) is 24.0 Å². The molecule has 0 unspecified atom stereocenters. The van der Waals surface area contributed by atoms with Crippen LogP contribution in [0, 0.1) is 0 Å². The lowest BCUT2D eigenvalue weighted by Crippen LogP contribution is -1.90. The standard InChI is InChI=1S/C11H12ClN3OS/c1-2-9-14-10(16-15-9)6-17-11-7(12)4-3-5-8(11)13/h3-5H,2,6,13H2,1H3. The van der Waals surface area contributed by atoms with Crippen LogP contribution in [0.3, 0.4) is 0 Å². The van der Waals surface area contributed by atoms with Crippen LogP contribution in [0.15, 0.2) is 27.6 Å². The van der Waals surface area contributed by atoms with Gasteiger partial charge in [0.1, 0.15) is 0 Å². The third-order valence-corrected chi connectivity index (χ3v) is 3.73. The number of rotatable bonds is 4. The second-order valence-corrected chi connectivity index (χ2v) is 4.80. The number of thioether (sulfide) groups is 1. The molecule has 0 saturated carbocycles. The van der Waals surface area contributed by atoms with E-state index in [0.717, 1.165) is 11.3 Å². The Morgan fingerprint density at radius 3 is 2.94 bits per heavy atom. The van der Waals surface area contributed by atoms with E-state index in [1.54, 1.807) is 0 Å². The summed E-state index contributed by atoms with van der Waals surface area (Å²) < 4.78 is 5.09. The highest BCUT2D eigenvalue weighted by atomic mass is 35.5. The monoisotopic (exact) mass is 269 g/mol. The van der Waals surface area contributed by atoms with Crippen LogP contribution in [0.1, 0.15) is 18.6 Å². The molecule has 0 saturated heterocycles. The lowest BCUT2D eigenvalue weighted by Gasteiger charge is -2.05. The molecule has 2 N–H and O–H groups in total. The van der Waals surface area contributed by atoms with Gasteiger partial charge in [0.2, 0.25) is 5.89 Å². The van der Waals surface area contributed by atoms with Crippen molar-refractivity contribution in [2.75, 3.05) is 5.73 Å². The zero-order valence-corrected chi connectivity index (χ0v) is 10.9. The van der Waals surface area contributed by atoms with E-state index in [4.69, 9.17) is 21.9 Å². The largest absolute Gasteiger partial charge is 0.398 e. The molecule has 0 amide bonds. The molecular formula is C11H12ClN3OS. The second kappa shape index (κ2) is 5.42. The summed E-state index contributed by atoms with van der Waals surface area (Å²) in [6.45, 7) is 1.98. The summed E-state index contributed by atoms with van der Waals surface area (Å²) in [6.07, 6.45) is 0.766. The maximum atomic E-state index is 6.06. The average Bonchev–Trinajstić information content (AvgIpc) is 2.76. The summed E-state index contributed by atoms with van der Waals surface area (Å²) >= 11 is 7.56. The topological polar surface area (TPSA) is 64.9 Å². The number of aryl methyl sites for hydroxylation is 1. The molecule has 1 heterocycles. The average molecular weight is 270 g/mol. The minimum atomic E-state index is 0.570. The van der Waals surface area contributed by atoms with Crippen molar-refractivity contribution in [1.82, 2.24) is 10.1 Å². The number of halogens is 1. The van der Waals surface area contributed by atoms with Gasteiger partial charge in [-0.2, -0.15) is 4.98 Å². The minimum Gasteiger partial charge on any atom is -0.398 e. The van der Waals surface area contributed by atoms with Gasteiger partial charge in [0, 0.05) is 17.0 Å². The molecule has 0 spiro atoms. The molecule has 2 aromatic rings. The van der Waals surface area contributed by atoms with Crippen molar-refractivity contribution in [2.24, 2.45) is 0 Å². The minimum absolute atomic E-state index is 0.570. The summed E-state index contributed by atoms with van der Waals surface area (Å²) in [5.74, 6) is 1.87. The lowest BCUT2D eigenvalue weighted by molar-refractivity contribution is 0.385. The molecule has 90 valence electrons. The van der Waals surface area contributed by atoms with Gasteiger partial charge in [0.15, 0.2) is 5.82 Å². The van der Waals surface area contributed by atoms with E-state index >= 15 is 0 Å². The van der Waals surface area contributed by atoms with Gasteiger partial charge >= 0.3 is 0 Å². The Morgan fingerprint density at radius 2 is 2.29 bits per heavy atom. The van der Waals surface area contributed by atoms with Gasteiger partial charge in [0.05, 0.1) is 10.8 Å². The van der Waals surface area contributed by atoms with Gasteiger partial charge in [-0.05, 0) is 12.1 Å². The Balaban J connectivity index is 2.07. The van der Waals surface area contributed by atoms with Crippen LogP contribution in [0.25, 0.3) is 0 Å². The van der Waals surface area contributed by atoms with Crippen molar-refractivity contribution in [1.29, 1.82) is 0 Å². The molecule has 0 atom stereocenters. The van der Waals surface area contributed by atoms with E-state index < -0.39 is 0 Å². The second-order valence-electron chi connectivity index (χ2n) is 3.40. The Kier molecular flexibility index (Phi) is 3.91. The number of nitrogen functional groups attached to an aromatic ring is 1. The molecule has 4 nitrogen and oxygen atoms in total. The highest BCUT2D eigenvalue weighted by Crippen LogP contribution is 2.34. The predicted molar refractivity (Wildman–Crippen MR) is 69.1 cm³/mol. The fraction of sp³-hybridized carbons (Fsp3) is 0.273. The molecule has 0 radical (unpaired) electrons. The summed E-state index contributed by atoms with van der Waals surface area (Å²) in [4.78, 5) is 5.07. The number of aromatic nitrogens is 2. The van der Waals surface area contributed by atoms with Crippen molar-refractivity contribution in [3.8, 4) is 0 Å². The van der Waals surface area contributed by atoms with Crippen LogP contribution < -0.4 is 5.73 Å².